The van der Waals surface area contributed by atoms with Crippen molar-refractivity contribution in [2.45, 2.75) is 38.5 Å². The molecule has 1 atom stereocenters. The quantitative estimate of drug-likeness (QED) is 0.632. The number of carbonyl (C=O) groups is 2. The standard InChI is InChI=1S/C14H18ClNO2/c1-3-5-13(17)16-11-8-6-10(7-9-11)14(18)12(15)4-2/h6-9,12H,3-5H2,1-2H3,(H,16,17). The fourth-order valence-electron chi connectivity index (χ4n) is 1.53. The van der Waals surface area contributed by atoms with Gasteiger partial charge in [0.2, 0.25) is 5.91 Å². The zero-order chi connectivity index (χ0) is 13.5. The molecule has 1 aromatic rings. The van der Waals surface area contributed by atoms with Crippen LogP contribution in [0.25, 0.3) is 0 Å². The van der Waals surface area contributed by atoms with Crippen LogP contribution in [0.2, 0.25) is 0 Å². The third-order valence-electron chi connectivity index (χ3n) is 2.57. The molecule has 98 valence electrons. The van der Waals surface area contributed by atoms with E-state index in [1.165, 1.54) is 0 Å². The number of halogens is 1. The van der Waals surface area contributed by atoms with Crippen LogP contribution in [0.4, 0.5) is 5.69 Å². The smallest absolute Gasteiger partial charge is 0.224 e. The highest BCUT2D eigenvalue weighted by Gasteiger charge is 2.14. The number of amides is 1. The molecule has 0 saturated carbocycles. The van der Waals surface area contributed by atoms with Gasteiger partial charge in [0.05, 0.1) is 5.38 Å². The van der Waals surface area contributed by atoms with Crippen LogP contribution >= 0.6 is 11.6 Å². The number of Topliss-reactive ketones (excluding diaryl/α,β-unsaturated/α-hetero) is 1. The van der Waals surface area contributed by atoms with Crippen molar-refractivity contribution in [1.82, 2.24) is 0 Å². The van der Waals surface area contributed by atoms with Gasteiger partial charge in [0, 0.05) is 17.7 Å². The maximum absolute atomic E-state index is 11.8. The Bertz CT molecular complexity index is 414. The summed E-state index contributed by atoms with van der Waals surface area (Å²) in [6.45, 7) is 3.82. The van der Waals surface area contributed by atoms with Crippen molar-refractivity contribution in [2.75, 3.05) is 5.32 Å². The molecule has 0 aliphatic carbocycles. The van der Waals surface area contributed by atoms with Crippen LogP contribution in [0, 0.1) is 0 Å². The summed E-state index contributed by atoms with van der Waals surface area (Å²) in [5, 5.41) is 2.29. The average molecular weight is 268 g/mol. The molecule has 1 unspecified atom stereocenters. The molecule has 0 spiro atoms. The van der Waals surface area contributed by atoms with Gasteiger partial charge in [-0.05, 0) is 37.1 Å². The first-order chi connectivity index (χ1) is 8.58. The number of anilines is 1. The van der Waals surface area contributed by atoms with Crippen LogP contribution in [0.3, 0.4) is 0 Å². The lowest BCUT2D eigenvalue weighted by molar-refractivity contribution is -0.116. The molecular weight excluding hydrogens is 250 g/mol. The van der Waals surface area contributed by atoms with Gasteiger partial charge in [-0.25, -0.2) is 0 Å². The van der Waals surface area contributed by atoms with Gasteiger partial charge in [0.1, 0.15) is 0 Å². The van der Waals surface area contributed by atoms with E-state index >= 15 is 0 Å². The summed E-state index contributed by atoms with van der Waals surface area (Å²) in [7, 11) is 0. The second-order valence-corrected chi connectivity index (χ2v) is 4.64. The van der Waals surface area contributed by atoms with Gasteiger partial charge in [0.15, 0.2) is 5.78 Å². The highest BCUT2D eigenvalue weighted by Crippen LogP contribution is 2.15. The molecule has 1 rings (SSSR count). The second kappa shape index (κ2) is 7.17. The summed E-state index contributed by atoms with van der Waals surface area (Å²) in [5.74, 6) is -0.0917. The van der Waals surface area contributed by atoms with Crippen LogP contribution in [0.1, 0.15) is 43.5 Å². The molecule has 1 amide bonds. The van der Waals surface area contributed by atoms with Crippen molar-refractivity contribution >= 4 is 29.0 Å². The van der Waals surface area contributed by atoms with E-state index in [1.54, 1.807) is 24.3 Å². The fourth-order valence-corrected chi connectivity index (χ4v) is 1.66. The number of hydrogen-bond acceptors (Lipinski definition) is 2. The molecule has 0 saturated heterocycles. The molecule has 0 heterocycles. The van der Waals surface area contributed by atoms with E-state index in [-0.39, 0.29) is 11.7 Å². The lowest BCUT2D eigenvalue weighted by Crippen LogP contribution is -2.14. The Labute approximate surface area is 113 Å². The SMILES string of the molecule is CCCC(=O)Nc1ccc(C(=O)C(Cl)CC)cc1. The zero-order valence-corrected chi connectivity index (χ0v) is 11.5. The third-order valence-corrected chi connectivity index (χ3v) is 3.08. The first-order valence-corrected chi connectivity index (χ1v) is 6.60. The largest absolute Gasteiger partial charge is 0.326 e. The van der Waals surface area contributed by atoms with Crippen LogP contribution in [-0.2, 0) is 4.79 Å². The number of carbonyl (C=O) groups excluding carboxylic acids is 2. The Morgan fingerprint density at radius 1 is 1.22 bits per heavy atom. The minimum absolute atomic E-state index is 0.0136. The number of alkyl halides is 1. The Kier molecular flexibility index (Phi) is 5.86. The third kappa shape index (κ3) is 4.15. The molecule has 1 N–H and O–H groups in total. The van der Waals surface area contributed by atoms with Gasteiger partial charge < -0.3 is 5.32 Å². The Balaban J connectivity index is 2.68. The minimum Gasteiger partial charge on any atom is -0.326 e. The van der Waals surface area contributed by atoms with Crippen molar-refractivity contribution in [3.63, 3.8) is 0 Å². The normalized spacial score (nSPS) is 11.9. The summed E-state index contributed by atoms with van der Waals surface area (Å²) >= 11 is 5.90. The van der Waals surface area contributed by atoms with E-state index in [1.807, 2.05) is 13.8 Å². The van der Waals surface area contributed by atoms with Crippen LogP contribution < -0.4 is 5.32 Å². The molecule has 0 fully saturated rings. The van der Waals surface area contributed by atoms with E-state index in [2.05, 4.69) is 5.32 Å². The zero-order valence-electron chi connectivity index (χ0n) is 10.7. The maximum atomic E-state index is 11.8. The van der Waals surface area contributed by atoms with Gasteiger partial charge >= 0.3 is 0 Å². The van der Waals surface area contributed by atoms with E-state index in [0.29, 0.717) is 24.1 Å². The van der Waals surface area contributed by atoms with Crippen molar-refractivity contribution in [2.24, 2.45) is 0 Å². The summed E-state index contributed by atoms with van der Waals surface area (Å²) in [4.78, 5) is 23.2. The van der Waals surface area contributed by atoms with Gasteiger partial charge in [-0.2, -0.15) is 0 Å². The Morgan fingerprint density at radius 2 is 1.83 bits per heavy atom. The first-order valence-electron chi connectivity index (χ1n) is 6.16. The van der Waals surface area contributed by atoms with E-state index in [9.17, 15) is 9.59 Å². The van der Waals surface area contributed by atoms with Crippen LogP contribution in [-0.4, -0.2) is 17.1 Å². The number of ketones is 1. The number of benzene rings is 1. The summed E-state index contributed by atoms with van der Waals surface area (Å²) in [6, 6.07) is 6.82. The van der Waals surface area contributed by atoms with Gasteiger partial charge in [0.25, 0.3) is 0 Å². The van der Waals surface area contributed by atoms with Gasteiger partial charge in [-0.3, -0.25) is 9.59 Å². The minimum atomic E-state index is -0.481. The highest BCUT2D eigenvalue weighted by atomic mass is 35.5. The van der Waals surface area contributed by atoms with Crippen molar-refractivity contribution < 1.29 is 9.59 Å². The van der Waals surface area contributed by atoms with Crippen molar-refractivity contribution in [3.8, 4) is 0 Å². The molecule has 1 aromatic carbocycles. The second-order valence-electron chi connectivity index (χ2n) is 4.12. The predicted octanol–water partition coefficient (Wildman–Crippen LogP) is 3.63. The average Bonchev–Trinajstić information content (AvgIpc) is 2.38. The summed E-state index contributed by atoms with van der Waals surface area (Å²) < 4.78 is 0. The van der Waals surface area contributed by atoms with E-state index in [0.717, 1.165) is 6.42 Å². The molecule has 0 aliphatic heterocycles. The van der Waals surface area contributed by atoms with Gasteiger partial charge in [-0.15, -0.1) is 11.6 Å². The molecule has 3 nitrogen and oxygen atoms in total. The molecular formula is C14H18ClNO2. The molecule has 4 heteroatoms. The Morgan fingerprint density at radius 3 is 2.33 bits per heavy atom. The lowest BCUT2D eigenvalue weighted by atomic mass is 10.1. The Hall–Kier alpha value is -1.35. The number of hydrogen-bond donors (Lipinski definition) is 1. The number of nitrogens with one attached hydrogen (secondary N) is 1. The fraction of sp³-hybridized carbons (Fsp3) is 0.429. The van der Waals surface area contributed by atoms with Crippen LogP contribution in [0.5, 0.6) is 0 Å². The number of rotatable bonds is 6. The topological polar surface area (TPSA) is 46.2 Å². The lowest BCUT2D eigenvalue weighted by Gasteiger charge is -2.07. The molecule has 0 bridgehead atoms. The van der Waals surface area contributed by atoms with E-state index in [4.69, 9.17) is 11.6 Å². The van der Waals surface area contributed by atoms with E-state index < -0.39 is 5.38 Å². The molecule has 18 heavy (non-hydrogen) atoms. The highest BCUT2D eigenvalue weighted by molar-refractivity contribution is 6.33. The van der Waals surface area contributed by atoms with Crippen LogP contribution in [0.15, 0.2) is 24.3 Å². The molecule has 0 radical (unpaired) electrons. The summed E-state index contributed by atoms with van der Waals surface area (Å²) in [5.41, 5.74) is 1.28. The summed E-state index contributed by atoms with van der Waals surface area (Å²) in [6.07, 6.45) is 1.92. The molecule has 0 aromatic heterocycles. The predicted molar refractivity (Wildman–Crippen MR) is 74.2 cm³/mol. The van der Waals surface area contributed by atoms with Crippen molar-refractivity contribution in [3.05, 3.63) is 29.8 Å². The molecule has 0 aliphatic rings. The van der Waals surface area contributed by atoms with Gasteiger partial charge in [-0.1, -0.05) is 13.8 Å². The monoisotopic (exact) mass is 267 g/mol. The first kappa shape index (κ1) is 14.7. The maximum Gasteiger partial charge on any atom is 0.224 e. The van der Waals surface area contributed by atoms with Crippen molar-refractivity contribution in [1.29, 1.82) is 0 Å².